The van der Waals surface area contributed by atoms with E-state index in [4.69, 9.17) is 5.73 Å². The van der Waals surface area contributed by atoms with Crippen molar-refractivity contribution in [3.05, 3.63) is 22.5 Å². The summed E-state index contributed by atoms with van der Waals surface area (Å²) in [6.45, 7) is 4.61. The molecule has 2 rings (SSSR count). The van der Waals surface area contributed by atoms with Gasteiger partial charge in [0, 0.05) is 30.4 Å². The van der Waals surface area contributed by atoms with Crippen LogP contribution in [0.2, 0.25) is 0 Å². The number of rotatable bonds is 2. The maximum absolute atomic E-state index is 5.57. The van der Waals surface area contributed by atoms with Gasteiger partial charge in [-0.3, -0.25) is 4.68 Å². The molecule has 15 heavy (non-hydrogen) atoms. The lowest BCUT2D eigenvalue weighted by Gasteiger charge is -1.96. The van der Waals surface area contributed by atoms with Crippen molar-refractivity contribution in [3.8, 4) is 10.6 Å². The summed E-state index contributed by atoms with van der Waals surface area (Å²) in [6.07, 6.45) is 1.84. The van der Waals surface area contributed by atoms with E-state index in [-0.39, 0.29) is 0 Å². The Hall–Kier alpha value is -1.20. The van der Waals surface area contributed by atoms with Crippen molar-refractivity contribution >= 4 is 11.3 Å². The predicted molar refractivity (Wildman–Crippen MR) is 61.7 cm³/mol. The maximum atomic E-state index is 5.57. The van der Waals surface area contributed by atoms with Crippen molar-refractivity contribution in [3.63, 3.8) is 0 Å². The summed E-state index contributed by atoms with van der Waals surface area (Å²) in [7, 11) is 1.95. The molecule has 80 valence electrons. The lowest BCUT2D eigenvalue weighted by atomic mass is 10.2. The Morgan fingerprint density at radius 3 is 2.67 bits per heavy atom. The number of hydrogen-bond donors (Lipinski definition) is 1. The van der Waals surface area contributed by atoms with Crippen LogP contribution < -0.4 is 5.73 Å². The number of aromatic nitrogens is 3. The quantitative estimate of drug-likeness (QED) is 0.840. The molecule has 0 atom stereocenters. The average Bonchev–Trinajstić information content (AvgIpc) is 2.74. The van der Waals surface area contributed by atoms with Crippen molar-refractivity contribution in [2.24, 2.45) is 12.8 Å². The Morgan fingerprint density at radius 1 is 1.47 bits per heavy atom. The topological polar surface area (TPSA) is 56.7 Å². The third-order valence-electron chi connectivity index (χ3n) is 2.48. The minimum atomic E-state index is 0.552. The SMILES string of the molecule is Cc1nn(C)c(C)c1-c1ncc(CN)s1. The van der Waals surface area contributed by atoms with Crippen molar-refractivity contribution in [2.45, 2.75) is 20.4 Å². The van der Waals surface area contributed by atoms with Crippen molar-refractivity contribution < 1.29 is 0 Å². The van der Waals surface area contributed by atoms with E-state index in [1.54, 1.807) is 11.3 Å². The van der Waals surface area contributed by atoms with E-state index in [9.17, 15) is 0 Å². The molecular formula is C10H14N4S. The Balaban J connectivity index is 2.53. The molecule has 2 aromatic heterocycles. The highest BCUT2D eigenvalue weighted by Gasteiger charge is 2.14. The number of nitrogens with zero attached hydrogens (tertiary/aromatic N) is 3. The van der Waals surface area contributed by atoms with Crippen LogP contribution in [0.15, 0.2) is 6.20 Å². The molecule has 0 amide bonds. The largest absolute Gasteiger partial charge is 0.326 e. The summed E-state index contributed by atoms with van der Waals surface area (Å²) in [6, 6.07) is 0. The van der Waals surface area contributed by atoms with Gasteiger partial charge in [0.1, 0.15) is 5.01 Å². The normalized spacial score (nSPS) is 10.9. The van der Waals surface area contributed by atoms with Gasteiger partial charge in [-0.05, 0) is 13.8 Å². The fourth-order valence-corrected chi connectivity index (χ4v) is 2.54. The molecule has 0 unspecified atom stereocenters. The van der Waals surface area contributed by atoms with Crippen LogP contribution in [0, 0.1) is 13.8 Å². The standard InChI is InChI=1S/C10H14N4S/c1-6-9(7(2)14(3)13-6)10-12-5-8(4-11)15-10/h5H,4,11H2,1-3H3. The first-order valence-corrected chi connectivity index (χ1v) is 5.60. The van der Waals surface area contributed by atoms with E-state index < -0.39 is 0 Å². The number of hydrogen-bond acceptors (Lipinski definition) is 4. The van der Waals surface area contributed by atoms with E-state index in [0.29, 0.717) is 6.54 Å². The first kappa shape index (κ1) is 10.3. The van der Waals surface area contributed by atoms with Gasteiger partial charge in [0.15, 0.2) is 0 Å². The van der Waals surface area contributed by atoms with Gasteiger partial charge in [0.2, 0.25) is 0 Å². The van der Waals surface area contributed by atoms with Gasteiger partial charge in [0.05, 0.1) is 11.3 Å². The lowest BCUT2D eigenvalue weighted by Crippen LogP contribution is -1.92. The van der Waals surface area contributed by atoms with Gasteiger partial charge in [0.25, 0.3) is 0 Å². The minimum absolute atomic E-state index is 0.552. The highest BCUT2D eigenvalue weighted by molar-refractivity contribution is 7.15. The molecule has 0 aliphatic heterocycles. The van der Waals surface area contributed by atoms with Crippen molar-refractivity contribution in [1.29, 1.82) is 0 Å². The van der Waals surface area contributed by atoms with Crippen LogP contribution in [0.5, 0.6) is 0 Å². The van der Waals surface area contributed by atoms with E-state index in [1.807, 2.05) is 24.9 Å². The molecule has 0 saturated heterocycles. The van der Waals surface area contributed by atoms with Gasteiger partial charge in [-0.15, -0.1) is 11.3 Å². The van der Waals surface area contributed by atoms with Gasteiger partial charge in [-0.1, -0.05) is 0 Å². The smallest absolute Gasteiger partial charge is 0.127 e. The third-order valence-corrected chi connectivity index (χ3v) is 3.51. The molecule has 2 N–H and O–H groups in total. The molecule has 0 aliphatic carbocycles. The van der Waals surface area contributed by atoms with Gasteiger partial charge >= 0.3 is 0 Å². The van der Waals surface area contributed by atoms with Crippen LogP contribution in [0.25, 0.3) is 10.6 Å². The number of nitrogens with two attached hydrogens (primary N) is 1. The molecule has 5 heteroatoms. The monoisotopic (exact) mass is 222 g/mol. The fraction of sp³-hybridized carbons (Fsp3) is 0.400. The first-order chi connectivity index (χ1) is 7.13. The molecule has 0 saturated carbocycles. The van der Waals surface area contributed by atoms with Crippen LogP contribution in [-0.4, -0.2) is 14.8 Å². The van der Waals surface area contributed by atoms with E-state index in [2.05, 4.69) is 17.0 Å². The Morgan fingerprint density at radius 2 is 2.20 bits per heavy atom. The molecule has 2 aromatic rings. The molecule has 4 nitrogen and oxygen atoms in total. The number of thiazole rings is 1. The van der Waals surface area contributed by atoms with Gasteiger partial charge in [-0.25, -0.2) is 4.98 Å². The zero-order chi connectivity index (χ0) is 11.0. The zero-order valence-electron chi connectivity index (χ0n) is 9.11. The average molecular weight is 222 g/mol. The second-order valence-corrected chi connectivity index (χ2v) is 4.62. The molecule has 0 fully saturated rings. The Kier molecular flexibility index (Phi) is 2.58. The number of aryl methyl sites for hydroxylation is 2. The molecule has 0 aliphatic rings. The van der Waals surface area contributed by atoms with Crippen LogP contribution in [-0.2, 0) is 13.6 Å². The summed E-state index contributed by atoms with van der Waals surface area (Å²) in [5.41, 5.74) is 8.88. The lowest BCUT2D eigenvalue weighted by molar-refractivity contribution is 0.731. The fourth-order valence-electron chi connectivity index (χ4n) is 1.60. The van der Waals surface area contributed by atoms with Crippen LogP contribution in [0.3, 0.4) is 0 Å². The Labute approximate surface area is 92.8 Å². The molecule has 0 radical (unpaired) electrons. The molecule has 0 bridgehead atoms. The molecule has 0 spiro atoms. The van der Waals surface area contributed by atoms with Crippen LogP contribution >= 0.6 is 11.3 Å². The van der Waals surface area contributed by atoms with Gasteiger partial charge in [-0.2, -0.15) is 5.10 Å². The minimum Gasteiger partial charge on any atom is -0.326 e. The third kappa shape index (κ3) is 1.68. The second kappa shape index (κ2) is 3.75. The predicted octanol–water partition coefficient (Wildman–Crippen LogP) is 1.62. The molecular weight excluding hydrogens is 208 g/mol. The van der Waals surface area contributed by atoms with Gasteiger partial charge < -0.3 is 5.73 Å². The molecule has 0 aromatic carbocycles. The van der Waals surface area contributed by atoms with Crippen molar-refractivity contribution in [2.75, 3.05) is 0 Å². The van der Waals surface area contributed by atoms with E-state index in [0.717, 1.165) is 26.8 Å². The molecule has 2 heterocycles. The highest BCUT2D eigenvalue weighted by Crippen LogP contribution is 2.29. The second-order valence-electron chi connectivity index (χ2n) is 3.51. The zero-order valence-corrected chi connectivity index (χ0v) is 9.93. The summed E-state index contributed by atoms with van der Waals surface area (Å²) in [5.74, 6) is 0. The highest BCUT2D eigenvalue weighted by atomic mass is 32.1. The van der Waals surface area contributed by atoms with E-state index in [1.165, 1.54) is 0 Å². The van der Waals surface area contributed by atoms with Crippen LogP contribution in [0.1, 0.15) is 16.3 Å². The summed E-state index contributed by atoms with van der Waals surface area (Å²) in [5, 5.41) is 5.39. The van der Waals surface area contributed by atoms with Crippen LogP contribution in [0.4, 0.5) is 0 Å². The summed E-state index contributed by atoms with van der Waals surface area (Å²) >= 11 is 1.64. The summed E-state index contributed by atoms with van der Waals surface area (Å²) in [4.78, 5) is 5.48. The van der Waals surface area contributed by atoms with Crippen molar-refractivity contribution in [1.82, 2.24) is 14.8 Å². The Bertz CT molecular complexity index is 484. The maximum Gasteiger partial charge on any atom is 0.127 e. The summed E-state index contributed by atoms with van der Waals surface area (Å²) < 4.78 is 1.88. The first-order valence-electron chi connectivity index (χ1n) is 4.78. The van der Waals surface area contributed by atoms with E-state index >= 15 is 0 Å².